The van der Waals surface area contributed by atoms with Gasteiger partial charge in [0.1, 0.15) is 5.01 Å². The van der Waals surface area contributed by atoms with E-state index in [4.69, 9.17) is 21.3 Å². The molecular weight excluding hydrogens is 522 g/mol. The fourth-order valence-electron chi connectivity index (χ4n) is 3.75. The molecule has 0 aliphatic heterocycles. The maximum Gasteiger partial charge on any atom is 0.337 e. The van der Waals surface area contributed by atoms with Gasteiger partial charge in [0.05, 0.1) is 15.8 Å². The molecule has 0 spiro atoms. The summed E-state index contributed by atoms with van der Waals surface area (Å²) in [5.41, 5.74) is 4.33. The second-order valence-electron chi connectivity index (χ2n) is 8.81. The average molecular weight is 545 g/mol. The lowest BCUT2D eigenvalue weighted by Gasteiger charge is -2.28. The number of thiazole rings is 1. The molecule has 4 aromatic rings. The Bertz CT molecular complexity index is 1330. The van der Waals surface area contributed by atoms with Crippen molar-refractivity contribution in [3.63, 3.8) is 0 Å². The topological polar surface area (TPSA) is 59.4 Å². The summed E-state index contributed by atoms with van der Waals surface area (Å²) in [4.78, 5) is 17.3. The minimum Gasteiger partial charge on any atom is -0.479 e. The third-order valence-electron chi connectivity index (χ3n) is 5.11. The zero-order valence-corrected chi connectivity index (χ0v) is 21.8. The van der Waals surface area contributed by atoms with Crippen LogP contribution in [-0.4, -0.2) is 21.7 Å². The number of halogens is 2. The predicted octanol–water partition coefficient (Wildman–Crippen LogP) is 8.30. The highest BCUT2D eigenvalue weighted by atomic mass is 79.9. The molecule has 0 radical (unpaired) electrons. The van der Waals surface area contributed by atoms with Gasteiger partial charge in [-0.15, -0.1) is 11.3 Å². The summed E-state index contributed by atoms with van der Waals surface area (Å²) < 4.78 is 7.97. The van der Waals surface area contributed by atoms with E-state index in [1.807, 2.05) is 82.3 Å². The molecule has 1 heterocycles. The molecule has 0 saturated heterocycles. The number of carboxylic acid groups (broad SMARTS) is 1. The van der Waals surface area contributed by atoms with Crippen LogP contribution in [0.1, 0.15) is 38.0 Å². The van der Waals surface area contributed by atoms with Gasteiger partial charge in [0.25, 0.3) is 0 Å². The Morgan fingerprint density at radius 2 is 1.70 bits per heavy atom. The third-order valence-corrected chi connectivity index (χ3v) is 7.03. The van der Waals surface area contributed by atoms with Crippen LogP contribution in [-0.2, 0) is 9.53 Å². The number of nitrogens with zero attached hydrogens (tertiary/aromatic N) is 1. The number of carboxylic acids is 1. The first-order chi connectivity index (χ1) is 15.5. The molecule has 4 rings (SSSR count). The molecule has 3 aromatic carbocycles. The molecule has 0 aliphatic rings. The number of hydrogen-bond donors (Lipinski definition) is 1. The molecule has 7 heteroatoms. The number of aliphatic carboxylic acids is 1. The van der Waals surface area contributed by atoms with Gasteiger partial charge in [-0.1, -0.05) is 51.8 Å². The maximum absolute atomic E-state index is 12.4. The van der Waals surface area contributed by atoms with Gasteiger partial charge in [-0.2, -0.15) is 0 Å². The second-order valence-corrected chi connectivity index (χ2v) is 11.2. The van der Waals surface area contributed by atoms with Gasteiger partial charge in [-0.25, -0.2) is 9.78 Å². The van der Waals surface area contributed by atoms with Crippen molar-refractivity contribution in [3.8, 4) is 21.7 Å². The first kappa shape index (κ1) is 23.9. The van der Waals surface area contributed by atoms with Gasteiger partial charge >= 0.3 is 5.97 Å². The van der Waals surface area contributed by atoms with Gasteiger partial charge in [0, 0.05) is 26.2 Å². The van der Waals surface area contributed by atoms with Crippen LogP contribution in [0, 0.1) is 6.92 Å². The van der Waals surface area contributed by atoms with E-state index in [1.165, 1.54) is 0 Å². The quantitative estimate of drug-likeness (QED) is 0.274. The van der Waals surface area contributed by atoms with E-state index in [-0.39, 0.29) is 0 Å². The molecule has 1 unspecified atom stereocenters. The van der Waals surface area contributed by atoms with E-state index in [1.54, 1.807) is 11.3 Å². The van der Waals surface area contributed by atoms with E-state index in [2.05, 4.69) is 15.9 Å². The second kappa shape index (κ2) is 9.18. The lowest BCUT2D eigenvalue weighted by atomic mass is 9.91. The molecular formula is C26H23BrClNO3S. The molecule has 0 fully saturated rings. The van der Waals surface area contributed by atoms with Gasteiger partial charge in [0.15, 0.2) is 6.10 Å². The molecule has 4 nitrogen and oxygen atoms in total. The lowest BCUT2D eigenvalue weighted by molar-refractivity contribution is -0.160. The Morgan fingerprint density at radius 1 is 1.09 bits per heavy atom. The molecule has 0 aliphatic carbocycles. The number of aryl methyl sites for hydroxylation is 1. The lowest BCUT2D eigenvalue weighted by Crippen LogP contribution is -2.28. The fourth-order valence-corrected chi connectivity index (χ4v) is 5.28. The van der Waals surface area contributed by atoms with Crippen LogP contribution < -0.4 is 0 Å². The molecule has 1 aromatic heterocycles. The number of fused-ring (bicyclic) bond motifs is 1. The highest BCUT2D eigenvalue weighted by Gasteiger charge is 2.32. The summed E-state index contributed by atoms with van der Waals surface area (Å²) in [6.07, 6.45) is -1.13. The van der Waals surface area contributed by atoms with Crippen LogP contribution in [0.4, 0.5) is 0 Å². The number of carbonyl (C=O) groups is 1. The summed E-state index contributed by atoms with van der Waals surface area (Å²) in [5, 5.41) is 11.6. The minimum absolute atomic E-state index is 0.616. The summed E-state index contributed by atoms with van der Waals surface area (Å²) in [5.74, 6) is -1.03. The number of ether oxygens (including phenoxy) is 1. The largest absolute Gasteiger partial charge is 0.479 e. The van der Waals surface area contributed by atoms with Crippen LogP contribution in [0.25, 0.3) is 31.9 Å². The van der Waals surface area contributed by atoms with Crippen LogP contribution >= 0.6 is 38.9 Å². The van der Waals surface area contributed by atoms with Crippen molar-refractivity contribution in [2.75, 3.05) is 0 Å². The summed E-state index contributed by atoms with van der Waals surface area (Å²) in [7, 11) is 0. The highest BCUT2D eigenvalue weighted by molar-refractivity contribution is 9.10. The van der Waals surface area contributed by atoms with Crippen molar-refractivity contribution in [2.24, 2.45) is 0 Å². The van der Waals surface area contributed by atoms with Crippen LogP contribution in [0.2, 0.25) is 5.02 Å². The minimum atomic E-state index is -1.13. The Morgan fingerprint density at radius 3 is 2.27 bits per heavy atom. The average Bonchev–Trinajstić information content (AvgIpc) is 3.15. The summed E-state index contributed by atoms with van der Waals surface area (Å²) in [6.45, 7) is 7.49. The maximum atomic E-state index is 12.4. The zero-order chi connectivity index (χ0) is 23.9. The van der Waals surface area contributed by atoms with Crippen molar-refractivity contribution < 1.29 is 14.6 Å². The van der Waals surface area contributed by atoms with Gasteiger partial charge in [-0.05, 0) is 69.2 Å². The summed E-state index contributed by atoms with van der Waals surface area (Å²) >= 11 is 11.2. The highest BCUT2D eigenvalue weighted by Crippen LogP contribution is 2.44. The molecule has 1 atom stereocenters. The van der Waals surface area contributed by atoms with Crippen LogP contribution in [0.3, 0.4) is 0 Å². The molecule has 1 N–H and O–H groups in total. The number of hydrogen-bond acceptors (Lipinski definition) is 4. The van der Waals surface area contributed by atoms with Crippen molar-refractivity contribution in [2.45, 2.75) is 39.4 Å². The Balaban J connectivity index is 2.03. The number of benzene rings is 3. The molecule has 0 saturated carbocycles. The first-order valence-corrected chi connectivity index (χ1v) is 12.4. The first-order valence-electron chi connectivity index (χ1n) is 10.4. The van der Waals surface area contributed by atoms with E-state index in [0.29, 0.717) is 10.6 Å². The van der Waals surface area contributed by atoms with Crippen molar-refractivity contribution >= 4 is 55.1 Å². The number of aromatic nitrogens is 1. The van der Waals surface area contributed by atoms with E-state index < -0.39 is 17.7 Å². The Kier molecular flexibility index (Phi) is 6.65. The van der Waals surface area contributed by atoms with Crippen LogP contribution in [0.15, 0.2) is 59.1 Å². The Hall–Kier alpha value is -2.25. The van der Waals surface area contributed by atoms with E-state index >= 15 is 0 Å². The number of rotatable bonds is 5. The monoisotopic (exact) mass is 543 g/mol. The SMILES string of the molecule is Cc1cc2nc(-c3ccc(Br)cc3)sc2c(-c2ccc(Cl)cc2)c1C(OC(C)(C)C)C(=O)O. The predicted molar refractivity (Wildman–Crippen MR) is 139 cm³/mol. The van der Waals surface area contributed by atoms with E-state index in [9.17, 15) is 9.90 Å². The van der Waals surface area contributed by atoms with Gasteiger partial charge in [0.2, 0.25) is 0 Å². The van der Waals surface area contributed by atoms with Crippen molar-refractivity contribution in [1.29, 1.82) is 0 Å². The van der Waals surface area contributed by atoms with Gasteiger partial charge in [-0.3, -0.25) is 0 Å². The third kappa shape index (κ3) is 5.14. The van der Waals surface area contributed by atoms with Crippen LogP contribution in [0.5, 0.6) is 0 Å². The molecule has 170 valence electrons. The molecule has 0 amide bonds. The zero-order valence-electron chi connectivity index (χ0n) is 18.6. The summed E-state index contributed by atoms with van der Waals surface area (Å²) in [6, 6.07) is 17.4. The fraction of sp³-hybridized carbons (Fsp3) is 0.231. The van der Waals surface area contributed by atoms with E-state index in [0.717, 1.165) is 42.0 Å². The van der Waals surface area contributed by atoms with Crippen molar-refractivity contribution in [1.82, 2.24) is 4.98 Å². The standard InChI is InChI=1S/C26H23BrClNO3S/c1-14-13-19-23(33-24(29-19)16-5-9-17(27)10-6-16)21(15-7-11-18(28)12-8-15)20(14)22(25(30)31)32-26(2,3)4/h5-13,22H,1-4H3,(H,30,31). The molecule has 0 bridgehead atoms. The normalized spacial score (nSPS) is 12.8. The van der Waals surface area contributed by atoms with Crippen molar-refractivity contribution in [3.05, 3.63) is 75.2 Å². The smallest absolute Gasteiger partial charge is 0.337 e. The Labute approximate surface area is 210 Å². The van der Waals surface area contributed by atoms with Gasteiger partial charge < -0.3 is 9.84 Å². The molecule has 33 heavy (non-hydrogen) atoms.